The molecule has 1 rings (SSSR count). The molecule has 0 atom stereocenters. The molecule has 0 aromatic carbocycles. The molecule has 1 aliphatic rings. The molecule has 1 aliphatic carbocycles. The molecule has 0 radical (unpaired) electrons. The van der Waals surface area contributed by atoms with Crippen LogP contribution in [-0.2, 0) is 10.0 Å². The van der Waals surface area contributed by atoms with E-state index in [1.165, 1.54) is 6.42 Å². The smallest absolute Gasteiger partial charge is 0.211 e. The zero-order valence-corrected chi connectivity index (χ0v) is 11.5. The number of unbranched alkanes of at least 4 members (excludes halogenated alkanes) is 1. The van der Waals surface area contributed by atoms with Crippen LogP contribution in [0.25, 0.3) is 0 Å². The van der Waals surface area contributed by atoms with Crippen LogP contribution in [0.5, 0.6) is 0 Å². The number of hydrogen-bond donors (Lipinski definition) is 2. The van der Waals surface area contributed by atoms with E-state index >= 15 is 0 Å². The SMILES string of the molecule is CCC1CCC(NS(=O)(=O)CCCCO)CC1. The van der Waals surface area contributed by atoms with E-state index in [9.17, 15) is 8.42 Å². The van der Waals surface area contributed by atoms with Crippen LogP contribution in [0.15, 0.2) is 0 Å². The summed E-state index contributed by atoms with van der Waals surface area (Å²) in [5.41, 5.74) is 0. The fourth-order valence-electron chi connectivity index (χ4n) is 2.41. The van der Waals surface area contributed by atoms with Gasteiger partial charge in [0, 0.05) is 12.6 Å². The Morgan fingerprint density at radius 1 is 1.18 bits per heavy atom. The number of aliphatic hydroxyl groups is 1. The zero-order chi connectivity index (χ0) is 12.7. The van der Waals surface area contributed by atoms with Crippen molar-refractivity contribution in [3.8, 4) is 0 Å². The van der Waals surface area contributed by atoms with Crippen LogP contribution in [0.3, 0.4) is 0 Å². The summed E-state index contributed by atoms with van der Waals surface area (Å²) >= 11 is 0. The Morgan fingerprint density at radius 3 is 2.35 bits per heavy atom. The van der Waals surface area contributed by atoms with Crippen molar-refractivity contribution in [1.29, 1.82) is 0 Å². The fourth-order valence-corrected chi connectivity index (χ4v) is 3.85. The normalized spacial score (nSPS) is 26.0. The molecule has 102 valence electrons. The van der Waals surface area contributed by atoms with Crippen LogP contribution < -0.4 is 4.72 Å². The van der Waals surface area contributed by atoms with Crippen molar-refractivity contribution in [3.05, 3.63) is 0 Å². The molecule has 0 bridgehead atoms. The van der Waals surface area contributed by atoms with Gasteiger partial charge in [-0.2, -0.15) is 0 Å². The zero-order valence-electron chi connectivity index (χ0n) is 10.7. The standard InChI is InChI=1S/C12H25NO3S/c1-2-11-5-7-12(8-6-11)13-17(15,16)10-4-3-9-14/h11-14H,2-10H2,1H3. The lowest BCUT2D eigenvalue weighted by Crippen LogP contribution is -2.38. The first-order chi connectivity index (χ1) is 8.07. The summed E-state index contributed by atoms with van der Waals surface area (Å²) in [5, 5.41) is 8.63. The molecule has 0 spiro atoms. The van der Waals surface area contributed by atoms with Crippen LogP contribution in [0, 0.1) is 5.92 Å². The highest BCUT2D eigenvalue weighted by Gasteiger charge is 2.23. The van der Waals surface area contributed by atoms with Crippen molar-refractivity contribution in [2.75, 3.05) is 12.4 Å². The summed E-state index contributed by atoms with van der Waals surface area (Å²) in [6.45, 7) is 2.27. The molecule has 1 saturated carbocycles. The third-order valence-electron chi connectivity index (χ3n) is 3.59. The number of sulfonamides is 1. The van der Waals surface area contributed by atoms with Gasteiger partial charge in [0.2, 0.25) is 10.0 Å². The first-order valence-corrected chi connectivity index (χ1v) is 8.33. The number of rotatable bonds is 7. The molecular formula is C12H25NO3S. The van der Waals surface area contributed by atoms with Crippen LogP contribution in [0.1, 0.15) is 51.9 Å². The van der Waals surface area contributed by atoms with E-state index in [0.29, 0.717) is 12.8 Å². The first kappa shape index (κ1) is 14.9. The topological polar surface area (TPSA) is 66.4 Å². The molecule has 5 heteroatoms. The minimum Gasteiger partial charge on any atom is -0.396 e. The Morgan fingerprint density at radius 2 is 1.82 bits per heavy atom. The van der Waals surface area contributed by atoms with Crippen molar-refractivity contribution in [3.63, 3.8) is 0 Å². The molecule has 1 fully saturated rings. The molecule has 17 heavy (non-hydrogen) atoms. The van der Waals surface area contributed by atoms with Gasteiger partial charge in [-0.1, -0.05) is 13.3 Å². The van der Waals surface area contributed by atoms with E-state index in [2.05, 4.69) is 11.6 Å². The van der Waals surface area contributed by atoms with Gasteiger partial charge in [-0.15, -0.1) is 0 Å². The molecule has 0 aliphatic heterocycles. The fraction of sp³-hybridized carbons (Fsp3) is 1.00. The van der Waals surface area contributed by atoms with E-state index in [4.69, 9.17) is 5.11 Å². The van der Waals surface area contributed by atoms with Gasteiger partial charge < -0.3 is 5.11 Å². The molecule has 0 aromatic heterocycles. The predicted molar refractivity (Wildman–Crippen MR) is 69.3 cm³/mol. The lowest BCUT2D eigenvalue weighted by molar-refractivity contribution is 0.287. The number of nitrogens with one attached hydrogen (secondary N) is 1. The summed E-state index contributed by atoms with van der Waals surface area (Å²) in [7, 11) is -3.14. The summed E-state index contributed by atoms with van der Waals surface area (Å²) in [6.07, 6.45) is 6.52. The lowest BCUT2D eigenvalue weighted by atomic mass is 9.85. The Hall–Kier alpha value is -0.130. The second-order valence-electron chi connectivity index (χ2n) is 4.99. The Kier molecular flexibility index (Phi) is 6.44. The average molecular weight is 263 g/mol. The highest BCUT2D eigenvalue weighted by molar-refractivity contribution is 7.89. The third-order valence-corrected chi connectivity index (χ3v) is 5.11. The van der Waals surface area contributed by atoms with E-state index in [-0.39, 0.29) is 18.4 Å². The van der Waals surface area contributed by atoms with Crippen LogP contribution in [0.2, 0.25) is 0 Å². The van der Waals surface area contributed by atoms with Gasteiger partial charge in [0.15, 0.2) is 0 Å². The second-order valence-corrected chi connectivity index (χ2v) is 6.87. The lowest BCUT2D eigenvalue weighted by Gasteiger charge is -2.28. The predicted octanol–water partition coefficient (Wildman–Crippen LogP) is 1.65. The van der Waals surface area contributed by atoms with Gasteiger partial charge in [-0.05, 0) is 44.4 Å². The third kappa shape index (κ3) is 5.84. The van der Waals surface area contributed by atoms with Crippen molar-refractivity contribution in [2.45, 2.75) is 57.9 Å². The number of hydrogen-bond acceptors (Lipinski definition) is 3. The van der Waals surface area contributed by atoms with Crippen LogP contribution in [0.4, 0.5) is 0 Å². The molecule has 0 saturated heterocycles. The Labute approximate surface area is 105 Å². The summed E-state index contributed by atoms with van der Waals surface area (Å²) in [6, 6.07) is 0.136. The van der Waals surface area contributed by atoms with Gasteiger partial charge >= 0.3 is 0 Å². The van der Waals surface area contributed by atoms with E-state index in [1.54, 1.807) is 0 Å². The van der Waals surface area contributed by atoms with Crippen molar-refractivity contribution < 1.29 is 13.5 Å². The van der Waals surface area contributed by atoms with Crippen molar-refractivity contribution in [2.24, 2.45) is 5.92 Å². The van der Waals surface area contributed by atoms with Gasteiger partial charge in [0.05, 0.1) is 5.75 Å². The Balaban J connectivity index is 2.28. The highest BCUT2D eigenvalue weighted by atomic mass is 32.2. The first-order valence-electron chi connectivity index (χ1n) is 6.68. The van der Waals surface area contributed by atoms with Gasteiger partial charge in [0.25, 0.3) is 0 Å². The Bertz CT molecular complexity index is 295. The highest BCUT2D eigenvalue weighted by Crippen LogP contribution is 2.26. The maximum Gasteiger partial charge on any atom is 0.211 e. The molecule has 2 N–H and O–H groups in total. The molecular weight excluding hydrogens is 238 g/mol. The minimum atomic E-state index is -3.14. The van der Waals surface area contributed by atoms with Gasteiger partial charge in [0.1, 0.15) is 0 Å². The van der Waals surface area contributed by atoms with Crippen LogP contribution in [-0.4, -0.2) is 31.9 Å². The number of aliphatic hydroxyl groups excluding tert-OH is 1. The monoisotopic (exact) mass is 263 g/mol. The molecule has 4 nitrogen and oxygen atoms in total. The van der Waals surface area contributed by atoms with E-state index in [0.717, 1.165) is 31.6 Å². The minimum absolute atomic E-state index is 0.0666. The molecule has 0 aromatic rings. The quantitative estimate of drug-likeness (QED) is 0.686. The molecule has 0 amide bonds. The summed E-state index contributed by atoms with van der Waals surface area (Å²) in [4.78, 5) is 0. The van der Waals surface area contributed by atoms with Gasteiger partial charge in [-0.25, -0.2) is 13.1 Å². The maximum absolute atomic E-state index is 11.7. The largest absolute Gasteiger partial charge is 0.396 e. The van der Waals surface area contributed by atoms with Crippen LogP contribution >= 0.6 is 0 Å². The summed E-state index contributed by atoms with van der Waals surface area (Å²) < 4.78 is 26.3. The van der Waals surface area contributed by atoms with Crippen molar-refractivity contribution in [1.82, 2.24) is 4.72 Å². The van der Waals surface area contributed by atoms with E-state index in [1.807, 2.05) is 0 Å². The van der Waals surface area contributed by atoms with E-state index < -0.39 is 10.0 Å². The maximum atomic E-state index is 11.7. The summed E-state index contributed by atoms with van der Waals surface area (Å²) in [5.74, 6) is 0.923. The van der Waals surface area contributed by atoms with Crippen molar-refractivity contribution >= 4 is 10.0 Å². The molecule has 0 unspecified atom stereocenters. The second kappa shape index (κ2) is 7.34. The average Bonchev–Trinajstić information content (AvgIpc) is 2.30. The molecule has 0 heterocycles. The van der Waals surface area contributed by atoms with Gasteiger partial charge in [-0.3, -0.25) is 0 Å².